The van der Waals surface area contributed by atoms with Crippen molar-refractivity contribution in [3.05, 3.63) is 96.5 Å². The summed E-state index contributed by atoms with van der Waals surface area (Å²) in [5, 5.41) is 10.2. The van der Waals surface area contributed by atoms with Gasteiger partial charge in [0, 0.05) is 33.1 Å². The van der Waals surface area contributed by atoms with Crippen molar-refractivity contribution in [2.75, 3.05) is 11.4 Å². The lowest BCUT2D eigenvalue weighted by atomic mass is 10.0. The molecule has 4 rings (SSSR count). The van der Waals surface area contributed by atoms with Gasteiger partial charge in [-0.1, -0.05) is 41.4 Å². The molecule has 1 unspecified atom stereocenters. The van der Waals surface area contributed by atoms with Gasteiger partial charge in [0.15, 0.2) is 0 Å². The summed E-state index contributed by atoms with van der Waals surface area (Å²) < 4.78 is 0.871. The molecule has 3 aromatic carbocycles. The van der Waals surface area contributed by atoms with Crippen LogP contribution in [0.5, 0.6) is 0 Å². The molecule has 37 heavy (non-hydrogen) atoms. The Kier molecular flexibility index (Phi) is 8.77. The number of aryl methyl sites for hydroxylation is 1. The number of amides is 2. The minimum Gasteiger partial charge on any atom is -0.481 e. The van der Waals surface area contributed by atoms with Gasteiger partial charge in [0.1, 0.15) is 6.04 Å². The molecule has 0 aliphatic carbocycles. The van der Waals surface area contributed by atoms with E-state index in [4.69, 9.17) is 28.3 Å². The predicted molar refractivity (Wildman–Crippen MR) is 153 cm³/mol. The van der Waals surface area contributed by atoms with Crippen molar-refractivity contribution in [3.63, 3.8) is 0 Å². The molecule has 1 atom stereocenters. The van der Waals surface area contributed by atoms with Gasteiger partial charge in [-0.15, -0.1) is 0 Å². The van der Waals surface area contributed by atoms with Crippen LogP contribution in [-0.4, -0.2) is 34.3 Å². The van der Waals surface area contributed by atoms with Crippen LogP contribution < -0.4 is 4.90 Å². The average molecular weight is 651 g/mol. The van der Waals surface area contributed by atoms with Crippen molar-refractivity contribution < 1.29 is 19.5 Å². The first-order valence-electron chi connectivity index (χ1n) is 11.8. The summed E-state index contributed by atoms with van der Waals surface area (Å²) in [7, 11) is 0. The Bertz CT molecular complexity index is 1350. The Morgan fingerprint density at radius 2 is 1.68 bits per heavy atom. The Balaban J connectivity index is 1.83. The normalized spacial score (nSPS) is 15.5. The maximum Gasteiger partial charge on any atom is 0.303 e. The highest BCUT2D eigenvalue weighted by atomic mass is 127. The van der Waals surface area contributed by atoms with E-state index in [-0.39, 0.29) is 24.8 Å². The van der Waals surface area contributed by atoms with Gasteiger partial charge < -0.3 is 14.9 Å². The molecule has 1 N–H and O–H groups in total. The molecule has 0 fully saturated rings. The van der Waals surface area contributed by atoms with Crippen LogP contribution in [0.4, 0.5) is 5.69 Å². The number of carbonyl (C=O) groups excluding carboxylic acids is 2. The van der Waals surface area contributed by atoms with E-state index in [0.717, 1.165) is 14.7 Å². The number of anilines is 1. The van der Waals surface area contributed by atoms with E-state index in [0.29, 0.717) is 46.2 Å². The predicted octanol–water partition coefficient (Wildman–Crippen LogP) is 6.89. The van der Waals surface area contributed by atoms with Crippen LogP contribution in [-0.2, 0) is 16.1 Å². The molecule has 192 valence electrons. The molecular weight excluding hydrogens is 626 g/mol. The zero-order chi connectivity index (χ0) is 26.7. The fourth-order valence-corrected chi connectivity index (χ4v) is 5.36. The summed E-state index contributed by atoms with van der Waals surface area (Å²) in [6, 6.07) is 17.0. The van der Waals surface area contributed by atoms with E-state index < -0.39 is 12.0 Å². The van der Waals surface area contributed by atoms with Crippen LogP contribution in [0.2, 0.25) is 10.0 Å². The quantitative estimate of drug-likeness (QED) is 0.213. The van der Waals surface area contributed by atoms with E-state index >= 15 is 0 Å². The number of halogens is 3. The molecule has 0 saturated heterocycles. The summed E-state index contributed by atoms with van der Waals surface area (Å²) >= 11 is 14.5. The number of unbranched alkanes of at least 4 members (excludes halogenated alkanes) is 1. The average Bonchev–Trinajstić information content (AvgIpc) is 2.93. The molecule has 9 heteroatoms. The zero-order valence-electron chi connectivity index (χ0n) is 20.1. The Morgan fingerprint density at radius 3 is 2.35 bits per heavy atom. The first kappa shape index (κ1) is 27.4. The summed E-state index contributed by atoms with van der Waals surface area (Å²) in [4.78, 5) is 42.7. The van der Waals surface area contributed by atoms with Crippen molar-refractivity contribution >= 4 is 69.3 Å². The third kappa shape index (κ3) is 6.27. The lowest BCUT2D eigenvalue weighted by Gasteiger charge is -2.32. The van der Waals surface area contributed by atoms with E-state index in [1.165, 1.54) is 0 Å². The van der Waals surface area contributed by atoms with E-state index in [9.17, 15) is 14.4 Å². The van der Waals surface area contributed by atoms with Crippen LogP contribution in [0.25, 0.3) is 0 Å². The molecule has 0 saturated carbocycles. The second-order valence-corrected chi connectivity index (χ2v) is 11.1. The van der Waals surface area contributed by atoms with Gasteiger partial charge in [-0.3, -0.25) is 14.4 Å². The van der Waals surface area contributed by atoms with Gasteiger partial charge in [0.25, 0.3) is 11.8 Å². The van der Waals surface area contributed by atoms with E-state index in [2.05, 4.69) is 22.6 Å². The number of fused-ring (bicyclic) bond motifs is 1. The second kappa shape index (κ2) is 11.8. The highest BCUT2D eigenvalue weighted by Gasteiger charge is 2.40. The molecule has 3 aromatic rings. The minimum absolute atomic E-state index is 0.0170. The van der Waals surface area contributed by atoms with Gasteiger partial charge in [-0.2, -0.15) is 0 Å². The monoisotopic (exact) mass is 650 g/mol. The molecule has 0 spiro atoms. The van der Waals surface area contributed by atoms with E-state index in [1.54, 1.807) is 52.3 Å². The van der Waals surface area contributed by atoms with Crippen molar-refractivity contribution in [3.8, 4) is 0 Å². The topological polar surface area (TPSA) is 77.9 Å². The molecule has 0 radical (unpaired) electrons. The third-order valence-electron chi connectivity index (χ3n) is 6.41. The number of carboxylic acids is 1. The first-order valence-corrected chi connectivity index (χ1v) is 13.6. The molecule has 1 aliphatic rings. The number of hydrogen-bond acceptors (Lipinski definition) is 3. The summed E-state index contributed by atoms with van der Waals surface area (Å²) in [5.41, 5.74) is 3.40. The molecule has 2 amide bonds. The first-order chi connectivity index (χ1) is 17.7. The molecule has 0 bridgehead atoms. The Morgan fingerprint density at radius 1 is 0.973 bits per heavy atom. The van der Waals surface area contributed by atoms with Crippen molar-refractivity contribution in [2.45, 2.75) is 38.8 Å². The standard InChI is InChI=1S/C28H25Cl2IN2O4/c1-17-14-21(30)10-7-19(17)16-33-26(18-5-8-20(29)9-6-18)28(37)32(13-3-2-4-25(34)35)24-12-11-22(31)15-23(24)27(33)36/h5-12,14-15,26H,2-4,13,16H2,1H3,(H,34,35). The zero-order valence-corrected chi connectivity index (χ0v) is 23.8. The van der Waals surface area contributed by atoms with Gasteiger partial charge in [0.2, 0.25) is 0 Å². The van der Waals surface area contributed by atoms with Crippen LogP contribution in [0, 0.1) is 10.5 Å². The number of hydrogen-bond donors (Lipinski definition) is 1. The van der Waals surface area contributed by atoms with Crippen molar-refractivity contribution in [1.82, 2.24) is 4.90 Å². The van der Waals surface area contributed by atoms with Crippen LogP contribution in [0.15, 0.2) is 60.7 Å². The summed E-state index contributed by atoms with van der Waals surface area (Å²) in [5.74, 6) is -1.39. The molecule has 1 aliphatic heterocycles. The van der Waals surface area contributed by atoms with Crippen LogP contribution >= 0.6 is 45.8 Å². The SMILES string of the molecule is Cc1cc(Cl)ccc1CN1C(=O)c2cc(I)ccc2N(CCCCC(=O)O)C(=O)C1c1ccc(Cl)cc1. The number of aliphatic carboxylic acids is 1. The van der Waals surface area contributed by atoms with E-state index in [1.807, 2.05) is 25.1 Å². The maximum absolute atomic E-state index is 14.3. The number of benzene rings is 3. The molecular formula is C28H25Cl2IN2O4. The van der Waals surface area contributed by atoms with Crippen LogP contribution in [0.1, 0.15) is 52.4 Å². The highest BCUT2D eigenvalue weighted by molar-refractivity contribution is 14.1. The molecule has 0 aromatic heterocycles. The highest BCUT2D eigenvalue weighted by Crippen LogP contribution is 2.37. The lowest BCUT2D eigenvalue weighted by molar-refractivity contribution is -0.137. The lowest BCUT2D eigenvalue weighted by Crippen LogP contribution is -2.42. The fraction of sp³-hybridized carbons (Fsp3) is 0.250. The number of nitrogens with zero attached hydrogens (tertiary/aromatic N) is 2. The van der Waals surface area contributed by atoms with Gasteiger partial charge in [-0.25, -0.2) is 0 Å². The van der Waals surface area contributed by atoms with Gasteiger partial charge in [0.05, 0.1) is 11.3 Å². The second-order valence-electron chi connectivity index (χ2n) is 8.96. The van der Waals surface area contributed by atoms with Gasteiger partial charge in [-0.05, 0) is 102 Å². The number of rotatable bonds is 8. The minimum atomic E-state index is -0.899. The third-order valence-corrected chi connectivity index (χ3v) is 7.56. The smallest absolute Gasteiger partial charge is 0.303 e. The van der Waals surface area contributed by atoms with Crippen molar-refractivity contribution in [1.29, 1.82) is 0 Å². The maximum atomic E-state index is 14.3. The summed E-state index contributed by atoms with van der Waals surface area (Å²) in [6.07, 6.45) is 0.927. The molecule has 6 nitrogen and oxygen atoms in total. The Labute approximate surface area is 239 Å². The van der Waals surface area contributed by atoms with Crippen LogP contribution in [0.3, 0.4) is 0 Å². The molecule has 1 heterocycles. The number of carbonyl (C=O) groups is 3. The summed E-state index contributed by atoms with van der Waals surface area (Å²) in [6.45, 7) is 2.43. The Hall–Kier alpha value is -2.62. The number of carboxylic acid groups (broad SMARTS) is 1. The largest absolute Gasteiger partial charge is 0.481 e. The fourth-order valence-electron chi connectivity index (χ4n) is 4.51. The van der Waals surface area contributed by atoms with Crippen molar-refractivity contribution in [2.24, 2.45) is 0 Å². The van der Waals surface area contributed by atoms with Gasteiger partial charge >= 0.3 is 5.97 Å².